The van der Waals surface area contributed by atoms with Gasteiger partial charge in [0.25, 0.3) is 0 Å². The van der Waals surface area contributed by atoms with Crippen molar-refractivity contribution in [3.05, 3.63) is 70.2 Å². The van der Waals surface area contributed by atoms with Gasteiger partial charge in [-0.1, -0.05) is 48.0 Å². The maximum Gasteiger partial charge on any atom is 0.244 e. The molecule has 0 bridgehead atoms. The van der Waals surface area contributed by atoms with Gasteiger partial charge in [-0.3, -0.25) is 9.59 Å². The van der Waals surface area contributed by atoms with Crippen LogP contribution in [0.1, 0.15) is 16.7 Å². The van der Waals surface area contributed by atoms with E-state index >= 15 is 0 Å². The Labute approximate surface area is 198 Å². The van der Waals surface area contributed by atoms with Gasteiger partial charge in [-0.25, -0.2) is 13.1 Å². The molecule has 33 heavy (non-hydrogen) atoms. The van der Waals surface area contributed by atoms with E-state index < -0.39 is 28.5 Å². The Bertz CT molecular complexity index is 1080. The van der Waals surface area contributed by atoms with E-state index in [0.29, 0.717) is 30.2 Å². The Kier molecular flexibility index (Phi) is 8.81. The van der Waals surface area contributed by atoms with Gasteiger partial charge in [0.2, 0.25) is 21.8 Å². The van der Waals surface area contributed by atoms with Crippen LogP contribution in [0.4, 0.5) is 0 Å². The maximum absolute atomic E-state index is 12.9. The highest BCUT2D eigenvalue weighted by atomic mass is 35.5. The van der Waals surface area contributed by atoms with Gasteiger partial charge in [0, 0.05) is 37.7 Å². The van der Waals surface area contributed by atoms with Crippen LogP contribution in [0.25, 0.3) is 0 Å². The van der Waals surface area contributed by atoms with Gasteiger partial charge < -0.3 is 21.3 Å². The first-order valence-corrected chi connectivity index (χ1v) is 12.6. The Morgan fingerprint density at radius 3 is 2.64 bits per heavy atom. The highest BCUT2D eigenvalue weighted by molar-refractivity contribution is 7.88. The number of nitrogens with one attached hydrogen (secondary N) is 3. The molecular formula is C22H28ClN5O4S. The van der Waals surface area contributed by atoms with Crippen molar-refractivity contribution in [3.8, 4) is 0 Å². The van der Waals surface area contributed by atoms with Gasteiger partial charge in [-0.05, 0) is 28.8 Å². The number of rotatable bonds is 9. The predicted octanol–water partition coefficient (Wildman–Crippen LogP) is 0.335. The minimum absolute atomic E-state index is 0.216. The smallest absolute Gasteiger partial charge is 0.244 e. The van der Waals surface area contributed by atoms with Gasteiger partial charge in [0.05, 0.1) is 12.3 Å². The second-order valence-corrected chi connectivity index (χ2v) is 9.95. The lowest BCUT2D eigenvalue weighted by atomic mass is 10.1. The first-order chi connectivity index (χ1) is 15.8. The molecule has 1 aliphatic heterocycles. The molecule has 0 saturated carbocycles. The molecule has 178 valence electrons. The van der Waals surface area contributed by atoms with Crippen LogP contribution in [-0.2, 0) is 38.5 Å². The summed E-state index contributed by atoms with van der Waals surface area (Å²) in [4.78, 5) is 27.1. The van der Waals surface area contributed by atoms with E-state index in [1.54, 1.807) is 42.5 Å². The van der Waals surface area contributed by atoms with Gasteiger partial charge in [0.15, 0.2) is 0 Å². The molecule has 0 aromatic heterocycles. The van der Waals surface area contributed by atoms with Crippen LogP contribution in [0.5, 0.6) is 0 Å². The third-order valence-corrected chi connectivity index (χ3v) is 6.88. The van der Waals surface area contributed by atoms with E-state index in [1.807, 2.05) is 6.07 Å². The van der Waals surface area contributed by atoms with Crippen molar-refractivity contribution < 1.29 is 18.0 Å². The molecule has 11 heteroatoms. The van der Waals surface area contributed by atoms with Gasteiger partial charge >= 0.3 is 0 Å². The molecule has 1 heterocycles. The summed E-state index contributed by atoms with van der Waals surface area (Å²) >= 11 is 6.05. The Hall–Kier alpha value is -2.50. The van der Waals surface area contributed by atoms with Crippen LogP contribution in [0.2, 0.25) is 5.02 Å². The number of nitrogens with two attached hydrogens (primary N) is 1. The topological polar surface area (TPSA) is 134 Å². The Balaban J connectivity index is 1.59. The molecule has 1 fully saturated rings. The highest BCUT2D eigenvalue weighted by Gasteiger charge is 2.32. The van der Waals surface area contributed by atoms with Crippen molar-refractivity contribution in [2.24, 2.45) is 5.73 Å². The van der Waals surface area contributed by atoms with Crippen LogP contribution >= 0.6 is 11.6 Å². The normalized spacial score (nSPS) is 16.4. The second-order valence-electron chi connectivity index (χ2n) is 7.71. The highest BCUT2D eigenvalue weighted by Crippen LogP contribution is 2.16. The number of hydrogen-bond donors (Lipinski definition) is 4. The van der Waals surface area contributed by atoms with E-state index in [9.17, 15) is 18.0 Å². The lowest BCUT2D eigenvalue weighted by molar-refractivity contribution is -0.140. The molecule has 2 amide bonds. The maximum atomic E-state index is 12.9. The monoisotopic (exact) mass is 493 g/mol. The predicted molar refractivity (Wildman–Crippen MR) is 127 cm³/mol. The molecule has 1 saturated heterocycles. The molecule has 0 unspecified atom stereocenters. The summed E-state index contributed by atoms with van der Waals surface area (Å²) < 4.78 is 27.1. The summed E-state index contributed by atoms with van der Waals surface area (Å²) in [7, 11) is -3.70. The fraction of sp³-hybridized carbons (Fsp3) is 0.364. The fourth-order valence-electron chi connectivity index (χ4n) is 3.61. The molecule has 0 radical (unpaired) electrons. The minimum atomic E-state index is -3.70. The van der Waals surface area contributed by atoms with Gasteiger partial charge in [-0.2, -0.15) is 0 Å². The zero-order chi connectivity index (χ0) is 23.8. The van der Waals surface area contributed by atoms with Gasteiger partial charge in [0.1, 0.15) is 6.04 Å². The van der Waals surface area contributed by atoms with Gasteiger partial charge in [-0.15, -0.1) is 0 Å². The number of carbonyl (C=O) groups excluding carboxylic acids is 2. The van der Waals surface area contributed by atoms with E-state index in [4.69, 9.17) is 17.3 Å². The zero-order valence-corrected chi connectivity index (χ0v) is 19.7. The Morgan fingerprint density at radius 1 is 1.15 bits per heavy atom. The first-order valence-electron chi connectivity index (χ1n) is 10.6. The third kappa shape index (κ3) is 7.24. The summed E-state index contributed by atoms with van der Waals surface area (Å²) in [6.07, 6.45) is 0. The summed E-state index contributed by atoms with van der Waals surface area (Å²) in [5.41, 5.74) is 8.04. The molecule has 0 spiro atoms. The quantitative estimate of drug-likeness (QED) is 0.398. The number of hydrogen-bond acceptors (Lipinski definition) is 6. The Morgan fingerprint density at radius 2 is 1.91 bits per heavy atom. The van der Waals surface area contributed by atoms with E-state index in [-0.39, 0.29) is 24.7 Å². The standard InChI is InChI=1S/C22H28ClN5O4S/c23-19-7-6-17(11-24)18(10-19)12-26-22(30)20-13-25-8-9-28(20)21(29)14-27-33(31,32)15-16-4-2-1-3-5-16/h1-7,10,20,25,27H,8-9,11-15,24H2,(H,26,30)/t20-/m0/s1. The largest absolute Gasteiger partial charge is 0.350 e. The van der Waals surface area contributed by atoms with Crippen LogP contribution in [0, 0.1) is 0 Å². The molecule has 9 nitrogen and oxygen atoms in total. The molecule has 5 N–H and O–H groups in total. The van der Waals surface area contributed by atoms with Crippen molar-refractivity contribution in [3.63, 3.8) is 0 Å². The summed E-state index contributed by atoms with van der Waals surface area (Å²) in [6, 6.07) is 13.2. The van der Waals surface area contributed by atoms with Crippen LogP contribution in [-0.4, -0.2) is 57.4 Å². The molecule has 2 aromatic rings. The fourth-order valence-corrected chi connectivity index (χ4v) is 4.88. The first kappa shape index (κ1) is 25.1. The van der Waals surface area contributed by atoms with Crippen LogP contribution in [0.15, 0.2) is 48.5 Å². The number of halogens is 1. The van der Waals surface area contributed by atoms with Crippen LogP contribution in [0.3, 0.4) is 0 Å². The average molecular weight is 494 g/mol. The zero-order valence-electron chi connectivity index (χ0n) is 18.1. The lowest BCUT2D eigenvalue weighted by Crippen LogP contribution is -2.60. The third-order valence-electron chi connectivity index (χ3n) is 5.35. The molecule has 1 atom stereocenters. The molecule has 3 rings (SSSR count). The minimum Gasteiger partial charge on any atom is -0.350 e. The van der Waals surface area contributed by atoms with E-state index in [1.165, 1.54) is 4.90 Å². The molecular weight excluding hydrogens is 466 g/mol. The lowest BCUT2D eigenvalue weighted by Gasteiger charge is -2.35. The second kappa shape index (κ2) is 11.6. The SMILES string of the molecule is NCc1ccc(Cl)cc1CNC(=O)[C@@H]1CNCCN1C(=O)CNS(=O)(=O)Cc1ccccc1. The molecule has 0 aliphatic carbocycles. The number of amides is 2. The number of nitrogens with zero attached hydrogens (tertiary/aromatic N) is 1. The van der Waals surface area contributed by atoms with Crippen molar-refractivity contribution in [2.75, 3.05) is 26.2 Å². The number of benzene rings is 2. The van der Waals surface area contributed by atoms with E-state index in [2.05, 4.69) is 15.4 Å². The summed E-state index contributed by atoms with van der Waals surface area (Å²) in [5.74, 6) is -1.03. The summed E-state index contributed by atoms with van der Waals surface area (Å²) in [5, 5.41) is 6.47. The molecule has 1 aliphatic rings. The van der Waals surface area contributed by atoms with Crippen molar-refractivity contribution in [1.82, 2.24) is 20.3 Å². The summed E-state index contributed by atoms with van der Waals surface area (Å²) in [6.45, 7) is 1.19. The molecule has 2 aromatic carbocycles. The van der Waals surface area contributed by atoms with Crippen LogP contribution < -0.4 is 21.1 Å². The number of sulfonamides is 1. The van der Waals surface area contributed by atoms with Crippen molar-refractivity contribution in [1.29, 1.82) is 0 Å². The van der Waals surface area contributed by atoms with E-state index in [0.717, 1.165) is 11.1 Å². The average Bonchev–Trinajstić information content (AvgIpc) is 2.81. The van der Waals surface area contributed by atoms with Crippen molar-refractivity contribution >= 4 is 33.4 Å². The number of piperazine rings is 1. The number of carbonyl (C=O) groups is 2. The van der Waals surface area contributed by atoms with Crippen molar-refractivity contribution in [2.45, 2.75) is 24.9 Å².